The van der Waals surface area contributed by atoms with Gasteiger partial charge in [0.2, 0.25) is 0 Å². The minimum atomic E-state index is -1.04. The molecule has 0 atom stereocenters. The van der Waals surface area contributed by atoms with E-state index in [9.17, 15) is 4.79 Å². The van der Waals surface area contributed by atoms with Crippen molar-refractivity contribution in [2.24, 2.45) is 0 Å². The van der Waals surface area contributed by atoms with E-state index in [2.05, 4.69) is 9.69 Å². The van der Waals surface area contributed by atoms with Gasteiger partial charge in [0.1, 0.15) is 5.00 Å². The van der Waals surface area contributed by atoms with Crippen LogP contribution >= 0.6 is 23.1 Å². The summed E-state index contributed by atoms with van der Waals surface area (Å²) in [4.78, 5) is 10.9. The Kier molecular flexibility index (Phi) is 3.30. The molecule has 0 fully saturated rings. The van der Waals surface area contributed by atoms with Crippen molar-refractivity contribution in [2.45, 2.75) is 0 Å². The monoisotopic (exact) mass is 304 g/mol. The van der Waals surface area contributed by atoms with E-state index in [0.717, 1.165) is 21.6 Å². The molecule has 0 aliphatic carbocycles. The maximum Gasteiger partial charge on any atom is 0.337 e. The summed E-state index contributed by atoms with van der Waals surface area (Å²) in [7, 11) is 0. The van der Waals surface area contributed by atoms with Crippen LogP contribution in [0.2, 0.25) is 5.02 Å². The van der Waals surface area contributed by atoms with Crippen LogP contribution in [0.3, 0.4) is 0 Å². The fourth-order valence-corrected chi connectivity index (χ4v) is 2.92. The molecule has 3 rings (SSSR count). The van der Waals surface area contributed by atoms with E-state index in [-0.39, 0.29) is 10.6 Å². The van der Waals surface area contributed by atoms with E-state index >= 15 is 0 Å². The molecule has 100 valence electrons. The van der Waals surface area contributed by atoms with Gasteiger partial charge >= 0.3 is 5.97 Å². The molecule has 0 bridgehead atoms. The summed E-state index contributed by atoms with van der Waals surface area (Å²) in [5, 5.41) is 14.3. The molecule has 20 heavy (non-hydrogen) atoms. The molecule has 0 radical (unpaired) electrons. The third-order valence-electron chi connectivity index (χ3n) is 2.84. The van der Waals surface area contributed by atoms with E-state index in [1.54, 1.807) is 12.1 Å². The SMILES string of the molecule is O=C(O)c1ccc(Nc2snc3ccccc23)cc1Cl. The van der Waals surface area contributed by atoms with Gasteiger partial charge in [-0.1, -0.05) is 23.7 Å². The second-order valence-electron chi connectivity index (χ2n) is 4.15. The van der Waals surface area contributed by atoms with Crippen LogP contribution in [0.15, 0.2) is 42.5 Å². The van der Waals surface area contributed by atoms with Gasteiger partial charge in [-0.3, -0.25) is 0 Å². The molecule has 1 aromatic heterocycles. The molecule has 2 N–H and O–H groups in total. The Hall–Kier alpha value is -2.11. The lowest BCUT2D eigenvalue weighted by molar-refractivity contribution is 0.0697. The number of fused-ring (bicyclic) bond motifs is 1. The summed E-state index contributed by atoms with van der Waals surface area (Å²) in [5.41, 5.74) is 1.74. The fourth-order valence-electron chi connectivity index (χ4n) is 1.88. The summed E-state index contributed by atoms with van der Waals surface area (Å²) in [5.74, 6) is -1.04. The molecular weight excluding hydrogens is 296 g/mol. The third-order valence-corrected chi connectivity index (χ3v) is 3.95. The van der Waals surface area contributed by atoms with Gasteiger partial charge in [-0.05, 0) is 41.9 Å². The molecule has 0 spiro atoms. The normalized spacial score (nSPS) is 10.7. The van der Waals surface area contributed by atoms with Gasteiger partial charge in [0.25, 0.3) is 0 Å². The number of carboxylic acid groups (broad SMARTS) is 1. The van der Waals surface area contributed by atoms with Gasteiger partial charge in [0, 0.05) is 11.1 Å². The predicted octanol–water partition coefficient (Wildman–Crippen LogP) is 4.39. The number of rotatable bonds is 3. The molecular formula is C14H9ClN2O2S. The number of anilines is 2. The number of nitrogens with one attached hydrogen (secondary N) is 1. The maximum atomic E-state index is 10.9. The number of hydrogen-bond donors (Lipinski definition) is 2. The van der Waals surface area contributed by atoms with Gasteiger partial charge in [-0.25, -0.2) is 4.79 Å². The lowest BCUT2D eigenvalue weighted by atomic mass is 10.2. The van der Waals surface area contributed by atoms with Gasteiger partial charge in [-0.2, -0.15) is 4.37 Å². The van der Waals surface area contributed by atoms with Crippen LogP contribution in [0.5, 0.6) is 0 Å². The Balaban J connectivity index is 1.95. The van der Waals surface area contributed by atoms with Crippen molar-refractivity contribution in [3.8, 4) is 0 Å². The van der Waals surface area contributed by atoms with Crippen molar-refractivity contribution in [1.29, 1.82) is 0 Å². The average Bonchev–Trinajstić information content (AvgIpc) is 2.82. The minimum Gasteiger partial charge on any atom is -0.478 e. The molecule has 0 saturated carbocycles. The highest BCUT2D eigenvalue weighted by Gasteiger charge is 2.10. The zero-order valence-corrected chi connectivity index (χ0v) is 11.7. The first-order valence-corrected chi connectivity index (χ1v) is 6.94. The molecule has 0 saturated heterocycles. The summed E-state index contributed by atoms with van der Waals surface area (Å²) < 4.78 is 4.34. The van der Waals surface area contributed by atoms with E-state index < -0.39 is 5.97 Å². The number of benzene rings is 2. The van der Waals surface area contributed by atoms with E-state index in [1.807, 2.05) is 24.3 Å². The van der Waals surface area contributed by atoms with Crippen LogP contribution in [0.25, 0.3) is 10.9 Å². The first kappa shape index (κ1) is 12.9. The van der Waals surface area contributed by atoms with E-state index in [1.165, 1.54) is 17.6 Å². The molecule has 6 heteroatoms. The largest absolute Gasteiger partial charge is 0.478 e. The number of halogens is 1. The van der Waals surface area contributed by atoms with Crippen molar-refractivity contribution >= 4 is 50.7 Å². The van der Waals surface area contributed by atoms with E-state index in [0.29, 0.717) is 0 Å². The Morgan fingerprint density at radius 1 is 1.25 bits per heavy atom. The van der Waals surface area contributed by atoms with Crippen LogP contribution in [0, 0.1) is 0 Å². The number of aromatic nitrogens is 1. The highest BCUT2D eigenvalue weighted by Crippen LogP contribution is 2.31. The topological polar surface area (TPSA) is 62.2 Å². The molecule has 3 aromatic rings. The summed E-state index contributed by atoms with van der Waals surface area (Å²) in [6.45, 7) is 0. The lowest BCUT2D eigenvalue weighted by Gasteiger charge is -2.06. The molecule has 4 nitrogen and oxygen atoms in total. The Bertz CT molecular complexity index is 801. The number of aromatic carboxylic acids is 1. The second-order valence-corrected chi connectivity index (χ2v) is 5.33. The Labute approximate surface area is 123 Å². The summed E-state index contributed by atoms with van der Waals surface area (Å²) in [6.07, 6.45) is 0. The van der Waals surface area contributed by atoms with Gasteiger partial charge in [-0.15, -0.1) is 0 Å². The Morgan fingerprint density at radius 3 is 2.80 bits per heavy atom. The second kappa shape index (κ2) is 5.11. The highest BCUT2D eigenvalue weighted by molar-refractivity contribution is 7.11. The number of nitrogens with zero attached hydrogens (tertiary/aromatic N) is 1. The van der Waals surface area contributed by atoms with Crippen molar-refractivity contribution in [3.63, 3.8) is 0 Å². The third kappa shape index (κ3) is 2.33. The standard InChI is InChI=1S/C14H9ClN2O2S/c15-11-7-8(5-6-9(11)14(18)19)16-13-10-3-1-2-4-12(10)17-20-13/h1-7,16H,(H,18,19). The molecule has 0 amide bonds. The maximum absolute atomic E-state index is 10.9. The summed E-state index contributed by atoms with van der Waals surface area (Å²) in [6, 6.07) is 12.6. The predicted molar refractivity (Wildman–Crippen MR) is 81.3 cm³/mol. The highest BCUT2D eigenvalue weighted by atomic mass is 35.5. The van der Waals surface area contributed by atoms with Gasteiger partial charge < -0.3 is 10.4 Å². The van der Waals surface area contributed by atoms with Crippen LogP contribution in [0.1, 0.15) is 10.4 Å². The van der Waals surface area contributed by atoms with Gasteiger partial charge in [0.15, 0.2) is 0 Å². The number of carbonyl (C=O) groups is 1. The molecule has 1 heterocycles. The Morgan fingerprint density at radius 2 is 2.05 bits per heavy atom. The quantitative estimate of drug-likeness (QED) is 0.753. The van der Waals surface area contributed by atoms with Crippen molar-refractivity contribution < 1.29 is 9.90 Å². The van der Waals surface area contributed by atoms with Gasteiger partial charge in [0.05, 0.1) is 16.1 Å². The first-order valence-electron chi connectivity index (χ1n) is 5.79. The molecule has 0 aliphatic heterocycles. The van der Waals surface area contributed by atoms with Crippen molar-refractivity contribution in [3.05, 3.63) is 53.1 Å². The average molecular weight is 305 g/mol. The minimum absolute atomic E-state index is 0.0892. The van der Waals surface area contributed by atoms with E-state index in [4.69, 9.17) is 16.7 Å². The zero-order chi connectivity index (χ0) is 14.1. The summed E-state index contributed by atoms with van der Waals surface area (Å²) >= 11 is 7.30. The smallest absolute Gasteiger partial charge is 0.337 e. The number of hydrogen-bond acceptors (Lipinski definition) is 4. The molecule has 0 unspecified atom stereocenters. The fraction of sp³-hybridized carbons (Fsp3) is 0. The zero-order valence-electron chi connectivity index (χ0n) is 10.1. The van der Waals surface area contributed by atoms with Crippen LogP contribution < -0.4 is 5.32 Å². The van der Waals surface area contributed by atoms with Crippen LogP contribution in [-0.4, -0.2) is 15.4 Å². The number of carboxylic acids is 1. The van der Waals surface area contributed by atoms with Crippen molar-refractivity contribution in [2.75, 3.05) is 5.32 Å². The van der Waals surface area contributed by atoms with Crippen molar-refractivity contribution in [1.82, 2.24) is 4.37 Å². The molecule has 2 aromatic carbocycles. The van der Waals surface area contributed by atoms with Crippen LogP contribution in [-0.2, 0) is 0 Å². The lowest BCUT2D eigenvalue weighted by Crippen LogP contribution is -1.98. The molecule has 0 aliphatic rings. The first-order chi connectivity index (χ1) is 9.65. The van der Waals surface area contributed by atoms with Crippen LogP contribution in [0.4, 0.5) is 10.7 Å².